The molecular weight excluding hydrogens is 312 g/mol. The summed E-state index contributed by atoms with van der Waals surface area (Å²) in [6.07, 6.45) is 1.06. The molecule has 106 valence electrons. The van der Waals surface area contributed by atoms with Gasteiger partial charge in [0.15, 0.2) is 0 Å². The summed E-state index contributed by atoms with van der Waals surface area (Å²) in [5.41, 5.74) is 10.8. The lowest BCUT2D eigenvalue weighted by Gasteiger charge is -2.19. The fourth-order valence-electron chi connectivity index (χ4n) is 2.28. The number of hydrogen-bond acceptors (Lipinski definition) is 2. The van der Waals surface area contributed by atoms with Crippen molar-refractivity contribution in [3.8, 4) is 0 Å². The van der Waals surface area contributed by atoms with Gasteiger partial charge in [-0.15, -0.1) is 0 Å². The summed E-state index contributed by atoms with van der Waals surface area (Å²) in [6, 6.07) is 15.1. The molecule has 0 saturated heterocycles. The van der Waals surface area contributed by atoms with Crippen molar-refractivity contribution in [1.82, 2.24) is 0 Å². The molecule has 0 heterocycles. The van der Waals surface area contributed by atoms with E-state index in [0.29, 0.717) is 6.54 Å². The van der Waals surface area contributed by atoms with Gasteiger partial charge in [0.05, 0.1) is 6.04 Å². The van der Waals surface area contributed by atoms with Crippen molar-refractivity contribution in [3.05, 3.63) is 63.6 Å². The van der Waals surface area contributed by atoms with Gasteiger partial charge < -0.3 is 11.1 Å². The lowest BCUT2D eigenvalue weighted by Crippen LogP contribution is -2.20. The number of benzene rings is 2. The molecule has 0 saturated carbocycles. The quantitative estimate of drug-likeness (QED) is 0.849. The van der Waals surface area contributed by atoms with Gasteiger partial charge in [-0.05, 0) is 48.2 Å². The van der Waals surface area contributed by atoms with E-state index < -0.39 is 0 Å². The van der Waals surface area contributed by atoms with E-state index in [1.165, 1.54) is 16.7 Å². The van der Waals surface area contributed by atoms with Crippen LogP contribution in [0, 0.1) is 6.92 Å². The van der Waals surface area contributed by atoms with Crippen LogP contribution in [0.4, 0.5) is 5.69 Å². The Morgan fingerprint density at radius 3 is 2.40 bits per heavy atom. The highest BCUT2D eigenvalue weighted by Crippen LogP contribution is 2.24. The summed E-state index contributed by atoms with van der Waals surface area (Å²) >= 11 is 3.53. The van der Waals surface area contributed by atoms with Crippen LogP contribution in [0.2, 0.25) is 0 Å². The van der Waals surface area contributed by atoms with Crippen LogP contribution in [-0.4, -0.2) is 6.54 Å². The molecule has 2 aromatic carbocycles. The average molecular weight is 333 g/mol. The van der Waals surface area contributed by atoms with E-state index in [1.807, 2.05) is 0 Å². The van der Waals surface area contributed by atoms with Crippen LogP contribution in [0.1, 0.15) is 29.7 Å². The molecule has 0 fully saturated rings. The molecule has 3 heteroatoms. The summed E-state index contributed by atoms with van der Waals surface area (Å²) in [4.78, 5) is 0. The normalized spacial score (nSPS) is 12.2. The van der Waals surface area contributed by atoms with Crippen LogP contribution >= 0.6 is 15.9 Å². The second-order valence-electron chi connectivity index (χ2n) is 5.05. The lowest BCUT2D eigenvalue weighted by molar-refractivity contribution is 0.789. The Bertz CT molecular complexity index is 543. The predicted molar refractivity (Wildman–Crippen MR) is 90.1 cm³/mol. The standard InChI is InChI=1S/C17H21BrN2/c1-3-13-4-6-14(7-5-13)17(11-19)20-16-9-12(2)8-15(18)10-16/h4-10,17,20H,3,11,19H2,1-2H3. The number of halogens is 1. The van der Waals surface area contributed by atoms with E-state index in [1.54, 1.807) is 0 Å². The maximum atomic E-state index is 5.93. The first-order valence-electron chi connectivity index (χ1n) is 6.95. The minimum atomic E-state index is 0.134. The zero-order valence-electron chi connectivity index (χ0n) is 12.0. The second-order valence-corrected chi connectivity index (χ2v) is 5.96. The molecule has 0 aliphatic carbocycles. The molecule has 2 aromatic rings. The summed E-state index contributed by atoms with van der Waals surface area (Å²) in [5.74, 6) is 0. The molecule has 0 aromatic heterocycles. The van der Waals surface area contributed by atoms with Crippen LogP contribution in [-0.2, 0) is 6.42 Å². The van der Waals surface area contributed by atoms with Crippen LogP contribution in [0.5, 0.6) is 0 Å². The first-order valence-corrected chi connectivity index (χ1v) is 7.74. The highest BCUT2D eigenvalue weighted by Gasteiger charge is 2.09. The van der Waals surface area contributed by atoms with Crippen molar-refractivity contribution < 1.29 is 0 Å². The largest absolute Gasteiger partial charge is 0.377 e. The molecule has 0 bridgehead atoms. The molecule has 2 nitrogen and oxygen atoms in total. The summed E-state index contributed by atoms with van der Waals surface area (Å²) in [6.45, 7) is 4.82. The van der Waals surface area contributed by atoms with Crippen molar-refractivity contribution in [1.29, 1.82) is 0 Å². The summed E-state index contributed by atoms with van der Waals surface area (Å²) < 4.78 is 1.08. The Morgan fingerprint density at radius 1 is 1.15 bits per heavy atom. The van der Waals surface area contributed by atoms with Crippen molar-refractivity contribution in [2.24, 2.45) is 5.73 Å². The monoisotopic (exact) mass is 332 g/mol. The van der Waals surface area contributed by atoms with Gasteiger partial charge in [0, 0.05) is 16.7 Å². The molecule has 1 atom stereocenters. The Morgan fingerprint density at radius 2 is 1.85 bits per heavy atom. The number of nitrogens with two attached hydrogens (primary N) is 1. The van der Waals surface area contributed by atoms with Gasteiger partial charge in [-0.25, -0.2) is 0 Å². The number of hydrogen-bond donors (Lipinski definition) is 2. The summed E-state index contributed by atoms with van der Waals surface area (Å²) in [5, 5.41) is 3.51. The number of nitrogens with one attached hydrogen (secondary N) is 1. The minimum Gasteiger partial charge on any atom is -0.377 e. The third-order valence-corrected chi connectivity index (χ3v) is 3.87. The zero-order valence-corrected chi connectivity index (χ0v) is 13.6. The van der Waals surface area contributed by atoms with E-state index in [9.17, 15) is 0 Å². The molecule has 0 aliphatic heterocycles. The molecule has 3 N–H and O–H groups in total. The Balaban J connectivity index is 2.19. The fraction of sp³-hybridized carbons (Fsp3) is 0.294. The van der Waals surface area contributed by atoms with E-state index in [4.69, 9.17) is 5.73 Å². The molecule has 0 amide bonds. The third-order valence-electron chi connectivity index (χ3n) is 3.41. The number of rotatable bonds is 5. The average Bonchev–Trinajstić information content (AvgIpc) is 2.44. The molecule has 0 aliphatic rings. The SMILES string of the molecule is CCc1ccc(C(CN)Nc2cc(C)cc(Br)c2)cc1. The van der Waals surface area contributed by atoms with Gasteiger partial charge in [0.2, 0.25) is 0 Å². The molecule has 1 unspecified atom stereocenters. The van der Waals surface area contributed by atoms with E-state index in [-0.39, 0.29) is 6.04 Å². The van der Waals surface area contributed by atoms with Crippen molar-refractivity contribution in [3.63, 3.8) is 0 Å². The first kappa shape index (κ1) is 15.1. The molecule has 20 heavy (non-hydrogen) atoms. The molecule has 0 radical (unpaired) electrons. The van der Waals surface area contributed by atoms with Crippen molar-refractivity contribution >= 4 is 21.6 Å². The van der Waals surface area contributed by atoms with Crippen LogP contribution in [0.25, 0.3) is 0 Å². The summed E-state index contributed by atoms with van der Waals surface area (Å²) in [7, 11) is 0. The van der Waals surface area contributed by atoms with E-state index in [0.717, 1.165) is 16.6 Å². The predicted octanol–water partition coefficient (Wildman–Crippen LogP) is 4.43. The smallest absolute Gasteiger partial charge is 0.0636 e. The maximum absolute atomic E-state index is 5.93. The Kier molecular flexibility index (Phi) is 5.21. The van der Waals surface area contributed by atoms with Crippen LogP contribution in [0.3, 0.4) is 0 Å². The molecule has 0 spiro atoms. The van der Waals surface area contributed by atoms with Gasteiger partial charge >= 0.3 is 0 Å². The zero-order chi connectivity index (χ0) is 14.5. The second kappa shape index (κ2) is 6.91. The molecule has 2 rings (SSSR count). The van der Waals surface area contributed by atoms with Gasteiger partial charge in [-0.2, -0.15) is 0 Å². The number of aryl methyl sites for hydroxylation is 2. The van der Waals surface area contributed by atoms with Crippen LogP contribution in [0.15, 0.2) is 46.9 Å². The van der Waals surface area contributed by atoms with Gasteiger partial charge in [-0.3, -0.25) is 0 Å². The fourth-order valence-corrected chi connectivity index (χ4v) is 2.89. The Hall–Kier alpha value is -1.32. The van der Waals surface area contributed by atoms with Crippen molar-refractivity contribution in [2.45, 2.75) is 26.3 Å². The lowest BCUT2D eigenvalue weighted by atomic mass is 10.0. The van der Waals surface area contributed by atoms with E-state index in [2.05, 4.69) is 77.6 Å². The molecular formula is C17H21BrN2. The third kappa shape index (κ3) is 3.84. The van der Waals surface area contributed by atoms with Gasteiger partial charge in [0.25, 0.3) is 0 Å². The minimum absolute atomic E-state index is 0.134. The highest BCUT2D eigenvalue weighted by atomic mass is 79.9. The van der Waals surface area contributed by atoms with Gasteiger partial charge in [0.1, 0.15) is 0 Å². The highest BCUT2D eigenvalue weighted by molar-refractivity contribution is 9.10. The van der Waals surface area contributed by atoms with Crippen molar-refractivity contribution in [2.75, 3.05) is 11.9 Å². The Labute approximate surface area is 129 Å². The van der Waals surface area contributed by atoms with E-state index >= 15 is 0 Å². The van der Waals surface area contributed by atoms with Crippen LogP contribution < -0.4 is 11.1 Å². The number of anilines is 1. The van der Waals surface area contributed by atoms with Gasteiger partial charge in [-0.1, -0.05) is 47.1 Å². The maximum Gasteiger partial charge on any atom is 0.0636 e. The topological polar surface area (TPSA) is 38.0 Å². The first-order chi connectivity index (χ1) is 9.62.